The van der Waals surface area contributed by atoms with Crippen molar-refractivity contribution in [3.05, 3.63) is 0 Å². The summed E-state index contributed by atoms with van der Waals surface area (Å²) < 4.78 is 16.6. The molecule has 0 heterocycles. The minimum atomic E-state index is -2.28. The molecule has 0 aromatic rings. The summed E-state index contributed by atoms with van der Waals surface area (Å²) in [5.41, 5.74) is 0. The van der Waals surface area contributed by atoms with Crippen molar-refractivity contribution in [1.29, 1.82) is 0 Å². The van der Waals surface area contributed by atoms with Gasteiger partial charge in [-0.3, -0.25) is 4.57 Å². The van der Waals surface area contributed by atoms with E-state index in [1.165, 1.54) is 96.3 Å². The zero-order valence-corrected chi connectivity index (χ0v) is 19.7. The zero-order chi connectivity index (χ0) is 19.7. The number of hydrogen-bond donors (Lipinski definition) is 0. The molecule has 0 atom stereocenters. The van der Waals surface area contributed by atoms with Crippen LogP contribution in [0.2, 0.25) is 0 Å². The van der Waals surface area contributed by atoms with Crippen molar-refractivity contribution in [3.63, 3.8) is 0 Å². The molecule has 3 nitrogen and oxygen atoms in total. The third kappa shape index (κ3) is 13.3. The van der Waals surface area contributed by atoms with Gasteiger partial charge in [0, 0.05) is 6.16 Å². The lowest BCUT2D eigenvalue weighted by atomic mass is 10.0. The fourth-order valence-corrected chi connectivity index (χ4v) is 5.77. The molecule has 0 rings (SSSR count). The van der Waals surface area contributed by atoms with Crippen molar-refractivity contribution < 1.29 is 4.57 Å². The predicted molar refractivity (Wildman–Crippen MR) is 119 cm³/mol. The van der Waals surface area contributed by atoms with Crippen LogP contribution in [0.25, 0.3) is 0 Å². The quantitative estimate of drug-likeness (QED) is 0.168. The second kappa shape index (κ2) is 17.3. The molecule has 0 bridgehead atoms. The van der Waals surface area contributed by atoms with E-state index in [9.17, 15) is 4.57 Å². The molecule has 0 fully saturated rings. The highest BCUT2D eigenvalue weighted by Gasteiger charge is 2.26. The maximum absolute atomic E-state index is 12.8. The van der Waals surface area contributed by atoms with Crippen molar-refractivity contribution in [1.82, 2.24) is 9.34 Å². The summed E-state index contributed by atoms with van der Waals surface area (Å²) in [5, 5.41) is 0. The highest BCUT2D eigenvalue weighted by atomic mass is 31.2. The first-order valence-electron chi connectivity index (χ1n) is 11.4. The zero-order valence-electron chi connectivity index (χ0n) is 18.8. The standard InChI is InChI=1S/C22H49N2OP/c1-6-7-8-9-10-11-12-13-14-15-16-17-18-19-20-21-22-26(25,23(2)3)24(4)5/h6-22H2,1-5H3. The molecule has 0 saturated heterocycles. The van der Waals surface area contributed by atoms with Gasteiger partial charge < -0.3 is 0 Å². The van der Waals surface area contributed by atoms with Crippen LogP contribution in [0.4, 0.5) is 0 Å². The van der Waals surface area contributed by atoms with E-state index >= 15 is 0 Å². The van der Waals surface area contributed by atoms with Crippen LogP contribution in [0.3, 0.4) is 0 Å². The number of nitrogens with zero attached hydrogens (tertiary/aromatic N) is 2. The summed E-state index contributed by atoms with van der Waals surface area (Å²) in [7, 11) is 5.47. The summed E-state index contributed by atoms with van der Waals surface area (Å²) in [4.78, 5) is 0. The molecule has 0 unspecified atom stereocenters. The van der Waals surface area contributed by atoms with Crippen molar-refractivity contribution >= 4 is 7.44 Å². The lowest BCUT2D eigenvalue weighted by Crippen LogP contribution is -2.23. The maximum atomic E-state index is 12.8. The van der Waals surface area contributed by atoms with Crippen LogP contribution in [0.15, 0.2) is 0 Å². The molecule has 0 aromatic carbocycles. The van der Waals surface area contributed by atoms with Crippen LogP contribution in [-0.4, -0.2) is 43.7 Å². The Morgan fingerprint density at radius 3 is 1.04 bits per heavy atom. The fraction of sp³-hybridized carbons (Fsp3) is 1.00. The highest BCUT2D eigenvalue weighted by Crippen LogP contribution is 2.49. The molecule has 0 N–H and O–H groups in total. The Balaban J connectivity index is 3.33. The largest absolute Gasteiger partial charge is 0.289 e. The van der Waals surface area contributed by atoms with Gasteiger partial charge in [-0.25, -0.2) is 9.34 Å². The Morgan fingerprint density at radius 1 is 0.500 bits per heavy atom. The minimum absolute atomic E-state index is 0.825. The SMILES string of the molecule is CCCCCCCCCCCCCCCCCCP(=O)(N(C)C)N(C)C. The number of rotatable bonds is 19. The second-order valence-corrected chi connectivity index (χ2v) is 11.8. The lowest BCUT2D eigenvalue weighted by Gasteiger charge is -2.30. The molecule has 0 aliphatic heterocycles. The molecule has 0 aliphatic rings. The molecule has 0 saturated carbocycles. The van der Waals surface area contributed by atoms with Gasteiger partial charge in [0.15, 0.2) is 0 Å². The van der Waals surface area contributed by atoms with Crippen LogP contribution in [0.1, 0.15) is 110 Å². The molecule has 158 valence electrons. The summed E-state index contributed by atoms with van der Waals surface area (Å²) in [5.74, 6) is 0. The second-order valence-electron chi connectivity index (χ2n) is 8.39. The van der Waals surface area contributed by atoms with E-state index in [0.29, 0.717) is 0 Å². The third-order valence-corrected chi connectivity index (χ3v) is 8.95. The van der Waals surface area contributed by atoms with Crippen molar-refractivity contribution in [2.45, 2.75) is 110 Å². The first-order valence-corrected chi connectivity index (χ1v) is 13.2. The fourth-order valence-electron chi connectivity index (χ4n) is 3.62. The average molecular weight is 389 g/mol. The minimum Gasteiger partial charge on any atom is -0.289 e. The van der Waals surface area contributed by atoms with Crippen molar-refractivity contribution in [2.24, 2.45) is 0 Å². The van der Waals surface area contributed by atoms with Gasteiger partial charge >= 0.3 is 0 Å². The van der Waals surface area contributed by atoms with E-state index in [1.54, 1.807) is 0 Å². The highest BCUT2D eigenvalue weighted by molar-refractivity contribution is 7.58. The van der Waals surface area contributed by atoms with Crippen molar-refractivity contribution in [3.8, 4) is 0 Å². The Bertz CT molecular complexity index is 333. The van der Waals surface area contributed by atoms with Gasteiger partial charge in [0.2, 0.25) is 7.44 Å². The summed E-state index contributed by atoms with van der Waals surface area (Å²) in [6.07, 6.45) is 22.9. The van der Waals surface area contributed by atoms with E-state index in [1.807, 2.05) is 37.5 Å². The van der Waals surface area contributed by atoms with Gasteiger partial charge in [0.1, 0.15) is 0 Å². The van der Waals surface area contributed by atoms with Gasteiger partial charge in [0.25, 0.3) is 0 Å². The van der Waals surface area contributed by atoms with Gasteiger partial charge in [-0.2, -0.15) is 0 Å². The molecule has 0 amide bonds. The Kier molecular flexibility index (Phi) is 17.4. The number of unbranched alkanes of at least 4 members (excludes halogenated alkanes) is 15. The Labute approximate surface area is 165 Å². The Hall–Kier alpha value is 0.150. The topological polar surface area (TPSA) is 23.6 Å². The molecular formula is C22H49N2OP. The third-order valence-electron chi connectivity index (χ3n) is 5.55. The molecule has 4 heteroatoms. The molecule has 0 aliphatic carbocycles. The van der Waals surface area contributed by atoms with Crippen LogP contribution >= 0.6 is 7.44 Å². The van der Waals surface area contributed by atoms with E-state index in [-0.39, 0.29) is 0 Å². The summed E-state index contributed by atoms with van der Waals surface area (Å²) in [6.45, 7) is 2.29. The smallest absolute Gasteiger partial charge is 0.215 e. The average Bonchev–Trinajstić information content (AvgIpc) is 2.60. The van der Waals surface area contributed by atoms with E-state index < -0.39 is 7.44 Å². The first-order chi connectivity index (χ1) is 12.4. The predicted octanol–water partition coefficient (Wildman–Crippen LogP) is 7.56. The van der Waals surface area contributed by atoms with E-state index in [4.69, 9.17) is 0 Å². The van der Waals surface area contributed by atoms with Crippen LogP contribution in [0.5, 0.6) is 0 Å². The first kappa shape index (κ1) is 26.1. The molecule has 0 radical (unpaired) electrons. The summed E-state index contributed by atoms with van der Waals surface area (Å²) >= 11 is 0. The van der Waals surface area contributed by atoms with Crippen molar-refractivity contribution in [2.75, 3.05) is 34.4 Å². The summed E-state index contributed by atoms with van der Waals surface area (Å²) in [6, 6.07) is 0. The van der Waals surface area contributed by atoms with Gasteiger partial charge in [-0.1, -0.05) is 103 Å². The molecule has 26 heavy (non-hydrogen) atoms. The number of hydrogen-bond acceptors (Lipinski definition) is 1. The maximum Gasteiger partial charge on any atom is 0.215 e. The Morgan fingerprint density at radius 2 is 0.769 bits per heavy atom. The van der Waals surface area contributed by atoms with Gasteiger partial charge in [0.05, 0.1) is 0 Å². The van der Waals surface area contributed by atoms with Gasteiger partial charge in [-0.15, -0.1) is 0 Å². The molecule has 0 aromatic heterocycles. The molecule has 0 spiro atoms. The van der Waals surface area contributed by atoms with E-state index in [2.05, 4.69) is 6.92 Å². The van der Waals surface area contributed by atoms with Crippen LogP contribution in [-0.2, 0) is 4.57 Å². The van der Waals surface area contributed by atoms with E-state index in [0.717, 1.165) is 12.6 Å². The van der Waals surface area contributed by atoms with Gasteiger partial charge in [-0.05, 0) is 34.6 Å². The normalized spacial score (nSPS) is 12.4. The van der Waals surface area contributed by atoms with Crippen LogP contribution < -0.4 is 0 Å². The molecular weight excluding hydrogens is 339 g/mol. The lowest BCUT2D eigenvalue weighted by molar-refractivity contribution is 0.444. The van der Waals surface area contributed by atoms with Crippen LogP contribution in [0, 0.1) is 0 Å². The monoisotopic (exact) mass is 388 g/mol.